The summed E-state index contributed by atoms with van der Waals surface area (Å²) < 4.78 is 10.9. The van der Waals surface area contributed by atoms with Gasteiger partial charge >= 0.3 is 0 Å². The number of likely N-dealkylation sites (tertiary alicyclic amines) is 1. The van der Waals surface area contributed by atoms with Crippen molar-refractivity contribution < 1.29 is 14.6 Å². The fourth-order valence-electron chi connectivity index (χ4n) is 2.39. The highest BCUT2D eigenvalue weighted by molar-refractivity contribution is 5.13. The SMILES string of the molecule is OC(OCc1ccccc1)N1CCC2(CC1)CO2. The van der Waals surface area contributed by atoms with Crippen LogP contribution in [0.5, 0.6) is 0 Å². The van der Waals surface area contributed by atoms with Gasteiger partial charge in [-0.05, 0) is 18.4 Å². The molecule has 2 fully saturated rings. The zero-order valence-electron chi connectivity index (χ0n) is 10.4. The zero-order chi connectivity index (χ0) is 12.4. The molecule has 18 heavy (non-hydrogen) atoms. The molecular weight excluding hydrogens is 230 g/mol. The lowest BCUT2D eigenvalue weighted by atomic mass is 9.98. The van der Waals surface area contributed by atoms with E-state index in [1.807, 2.05) is 35.2 Å². The number of nitrogens with zero attached hydrogens (tertiary/aromatic N) is 1. The van der Waals surface area contributed by atoms with E-state index in [1.54, 1.807) is 0 Å². The lowest BCUT2D eigenvalue weighted by Crippen LogP contribution is -2.45. The van der Waals surface area contributed by atoms with Crippen LogP contribution in [0.4, 0.5) is 0 Å². The van der Waals surface area contributed by atoms with Gasteiger partial charge < -0.3 is 14.6 Å². The third-order valence-electron chi connectivity index (χ3n) is 3.82. The fourth-order valence-corrected chi connectivity index (χ4v) is 2.39. The van der Waals surface area contributed by atoms with Crippen LogP contribution in [-0.4, -0.2) is 41.7 Å². The monoisotopic (exact) mass is 249 g/mol. The Morgan fingerprint density at radius 2 is 1.94 bits per heavy atom. The predicted molar refractivity (Wildman–Crippen MR) is 66.7 cm³/mol. The third-order valence-corrected chi connectivity index (χ3v) is 3.82. The van der Waals surface area contributed by atoms with E-state index in [-0.39, 0.29) is 5.60 Å². The number of hydrogen-bond donors (Lipinski definition) is 1. The van der Waals surface area contributed by atoms with Crippen molar-refractivity contribution in [2.75, 3.05) is 19.7 Å². The molecule has 1 aromatic carbocycles. The highest BCUT2D eigenvalue weighted by atomic mass is 16.6. The van der Waals surface area contributed by atoms with Crippen LogP contribution in [0.1, 0.15) is 18.4 Å². The number of ether oxygens (including phenoxy) is 2. The maximum Gasteiger partial charge on any atom is 0.216 e. The summed E-state index contributed by atoms with van der Waals surface area (Å²) in [4.78, 5) is 1.97. The van der Waals surface area contributed by atoms with E-state index in [2.05, 4.69) is 0 Å². The van der Waals surface area contributed by atoms with Crippen LogP contribution in [-0.2, 0) is 16.1 Å². The summed E-state index contributed by atoms with van der Waals surface area (Å²) in [5.74, 6) is 0. The zero-order valence-corrected chi connectivity index (χ0v) is 10.4. The van der Waals surface area contributed by atoms with Crippen LogP contribution >= 0.6 is 0 Å². The van der Waals surface area contributed by atoms with E-state index >= 15 is 0 Å². The van der Waals surface area contributed by atoms with E-state index in [0.717, 1.165) is 38.1 Å². The van der Waals surface area contributed by atoms with Crippen LogP contribution in [0, 0.1) is 0 Å². The molecular formula is C14H19NO3. The molecule has 0 bridgehead atoms. The van der Waals surface area contributed by atoms with Gasteiger partial charge in [-0.25, -0.2) is 0 Å². The molecule has 0 amide bonds. The van der Waals surface area contributed by atoms with Crippen molar-refractivity contribution in [3.8, 4) is 0 Å². The van der Waals surface area contributed by atoms with Crippen molar-refractivity contribution in [2.45, 2.75) is 31.5 Å². The Hall–Kier alpha value is -0.940. The van der Waals surface area contributed by atoms with Gasteiger partial charge in [0.05, 0.1) is 18.8 Å². The van der Waals surface area contributed by atoms with Gasteiger partial charge in [-0.2, -0.15) is 0 Å². The third kappa shape index (κ3) is 2.72. The van der Waals surface area contributed by atoms with Gasteiger partial charge in [0.25, 0.3) is 0 Å². The molecule has 1 atom stereocenters. The van der Waals surface area contributed by atoms with Crippen molar-refractivity contribution in [3.05, 3.63) is 35.9 Å². The van der Waals surface area contributed by atoms with Crippen LogP contribution in [0.25, 0.3) is 0 Å². The lowest BCUT2D eigenvalue weighted by molar-refractivity contribution is -0.206. The Morgan fingerprint density at radius 3 is 2.56 bits per heavy atom. The quantitative estimate of drug-likeness (QED) is 0.646. The fraction of sp³-hybridized carbons (Fsp3) is 0.571. The molecule has 0 aromatic heterocycles. The van der Waals surface area contributed by atoms with E-state index in [0.29, 0.717) is 6.61 Å². The van der Waals surface area contributed by atoms with Gasteiger partial charge in [-0.1, -0.05) is 30.3 Å². The van der Waals surface area contributed by atoms with Crippen molar-refractivity contribution in [1.82, 2.24) is 4.90 Å². The molecule has 98 valence electrons. The summed E-state index contributed by atoms with van der Waals surface area (Å²) >= 11 is 0. The highest BCUT2D eigenvalue weighted by Gasteiger charge is 2.47. The standard InChI is InChI=1S/C14H19NO3/c16-13(17-10-12-4-2-1-3-5-12)15-8-6-14(7-9-15)11-18-14/h1-5,13,16H,6-11H2. The smallest absolute Gasteiger partial charge is 0.216 e. The molecule has 0 radical (unpaired) electrons. The van der Waals surface area contributed by atoms with Crippen LogP contribution in [0.2, 0.25) is 0 Å². The maximum absolute atomic E-state index is 9.99. The molecule has 4 heteroatoms. The average Bonchev–Trinajstić information content (AvgIpc) is 3.17. The van der Waals surface area contributed by atoms with Gasteiger partial charge in [0.1, 0.15) is 0 Å². The Morgan fingerprint density at radius 1 is 1.28 bits per heavy atom. The second kappa shape index (κ2) is 4.97. The Bertz CT molecular complexity index is 381. The summed E-state index contributed by atoms with van der Waals surface area (Å²) in [5, 5.41) is 9.99. The first-order chi connectivity index (χ1) is 8.77. The molecule has 0 saturated carbocycles. The minimum atomic E-state index is -0.804. The second-order valence-electron chi connectivity index (χ2n) is 5.13. The van der Waals surface area contributed by atoms with Crippen LogP contribution in [0.3, 0.4) is 0 Å². The van der Waals surface area contributed by atoms with Gasteiger partial charge in [0.2, 0.25) is 6.41 Å². The molecule has 1 N–H and O–H groups in total. The minimum absolute atomic E-state index is 0.148. The van der Waals surface area contributed by atoms with Crippen molar-refractivity contribution in [2.24, 2.45) is 0 Å². The molecule has 4 nitrogen and oxygen atoms in total. The summed E-state index contributed by atoms with van der Waals surface area (Å²) in [6.45, 7) is 3.02. The first-order valence-electron chi connectivity index (χ1n) is 6.49. The molecule has 2 heterocycles. The maximum atomic E-state index is 9.99. The first-order valence-corrected chi connectivity index (χ1v) is 6.49. The molecule has 1 spiro atoms. The number of benzene rings is 1. The van der Waals surface area contributed by atoms with Gasteiger partial charge in [-0.3, -0.25) is 4.90 Å². The number of hydrogen-bond acceptors (Lipinski definition) is 4. The van der Waals surface area contributed by atoms with E-state index < -0.39 is 6.41 Å². The van der Waals surface area contributed by atoms with E-state index in [9.17, 15) is 5.11 Å². The van der Waals surface area contributed by atoms with Crippen LogP contribution in [0.15, 0.2) is 30.3 Å². The topological polar surface area (TPSA) is 45.2 Å². The van der Waals surface area contributed by atoms with E-state index in [4.69, 9.17) is 9.47 Å². The molecule has 0 aliphatic carbocycles. The summed E-state index contributed by atoms with van der Waals surface area (Å²) in [7, 11) is 0. The lowest BCUT2D eigenvalue weighted by Gasteiger charge is -2.33. The molecule has 3 rings (SSSR count). The Kier molecular flexibility index (Phi) is 3.35. The Labute approximate surface area is 107 Å². The van der Waals surface area contributed by atoms with Crippen molar-refractivity contribution in [1.29, 1.82) is 0 Å². The number of aliphatic hydroxyl groups is 1. The number of rotatable bonds is 4. The van der Waals surface area contributed by atoms with Gasteiger partial charge in [0, 0.05) is 13.1 Å². The average molecular weight is 249 g/mol. The predicted octanol–water partition coefficient (Wildman–Crippen LogP) is 1.34. The van der Waals surface area contributed by atoms with Crippen molar-refractivity contribution in [3.63, 3.8) is 0 Å². The second-order valence-corrected chi connectivity index (χ2v) is 5.13. The molecule has 2 aliphatic heterocycles. The number of piperidine rings is 1. The largest absolute Gasteiger partial charge is 0.369 e. The summed E-state index contributed by atoms with van der Waals surface area (Å²) in [6, 6.07) is 9.91. The summed E-state index contributed by atoms with van der Waals surface area (Å²) in [5.41, 5.74) is 1.23. The molecule has 1 unspecified atom stereocenters. The minimum Gasteiger partial charge on any atom is -0.369 e. The first kappa shape index (κ1) is 12.1. The normalized spacial score (nSPS) is 24.1. The van der Waals surface area contributed by atoms with Crippen LogP contribution < -0.4 is 0 Å². The molecule has 2 saturated heterocycles. The van der Waals surface area contributed by atoms with E-state index in [1.165, 1.54) is 0 Å². The van der Waals surface area contributed by atoms with Gasteiger partial charge in [-0.15, -0.1) is 0 Å². The number of aliphatic hydroxyl groups excluding tert-OH is 1. The van der Waals surface area contributed by atoms with Crippen molar-refractivity contribution >= 4 is 0 Å². The van der Waals surface area contributed by atoms with Gasteiger partial charge in [0.15, 0.2) is 0 Å². The molecule has 2 aliphatic rings. The Balaban J connectivity index is 1.45. The molecule has 1 aromatic rings. The summed E-state index contributed by atoms with van der Waals surface area (Å²) in [6.07, 6.45) is 1.19. The highest BCUT2D eigenvalue weighted by Crippen LogP contribution is 2.38. The number of epoxide rings is 1.